The molecule has 15 heavy (non-hydrogen) atoms. The van der Waals surface area contributed by atoms with E-state index < -0.39 is 5.97 Å². The number of carboxylic acids is 1. The molecule has 0 aliphatic heterocycles. The van der Waals surface area contributed by atoms with Crippen molar-refractivity contribution < 1.29 is 14.7 Å². The Morgan fingerprint density at radius 3 is 2.67 bits per heavy atom. The van der Waals surface area contributed by atoms with Crippen molar-refractivity contribution in [1.29, 1.82) is 0 Å². The fourth-order valence-electron chi connectivity index (χ4n) is 1.32. The highest BCUT2D eigenvalue weighted by Gasteiger charge is 2.29. The van der Waals surface area contributed by atoms with Gasteiger partial charge in [-0.25, -0.2) is 4.79 Å². The number of aromatic carboxylic acids is 1. The van der Waals surface area contributed by atoms with Gasteiger partial charge >= 0.3 is 5.97 Å². The van der Waals surface area contributed by atoms with Gasteiger partial charge in [-0.3, -0.25) is 4.79 Å². The number of benzene rings is 1. The van der Waals surface area contributed by atoms with Crippen LogP contribution in [0.3, 0.4) is 0 Å². The SMILES string of the molecule is O=C(O)c1cccc(NC(=O)C2CC2)c1. The van der Waals surface area contributed by atoms with E-state index in [1.165, 1.54) is 12.1 Å². The van der Waals surface area contributed by atoms with E-state index in [9.17, 15) is 9.59 Å². The van der Waals surface area contributed by atoms with Crippen molar-refractivity contribution in [3.05, 3.63) is 29.8 Å². The number of amides is 1. The Labute approximate surface area is 86.9 Å². The Morgan fingerprint density at radius 2 is 2.07 bits per heavy atom. The summed E-state index contributed by atoms with van der Waals surface area (Å²) in [5.41, 5.74) is 0.732. The van der Waals surface area contributed by atoms with Gasteiger partial charge in [0.05, 0.1) is 5.56 Å². The third-order valence-electron chi connectivity index (χ3n) is 2.33. The molecule has 1 aromatic rings. The molecule has 2 rings (SSSR count). The lowest BCUT2D eigenvalue weighted by molar-refractivity contribution is -0.117. The number of hydrogen-bond acceptors (Lipinski definition) is 2. The van der Waals surface area contributed by atoms with Gasteiger partial charge in [-0.05, 0) is 31.0 Å². The summed E-state index contributed by atoms with van der Waals surface area (Å²) in [4.78, 5) is 22.1. The van der Waals surface area contributed by atoms with E-state index >= 15 is 0 Å². The molecule has 1 aliphatic rings. The molecule has 0 saturated heterocycles. The van der Waals surface area contributed by atoms with Crippen LogP contribution < -0.4 is 5.32 Å². The summed E-state index contributed by atoms with van der Waals surface area (Å²) in [5, 5.41) is 11.4. The van der Waals surface area contributed by atoms with E-state index in [1.807, 2.05) is 0 Å². The predicted octanol–water partition coefficient (Wildman–Crippen LogP) is 1.73. The summed E-state index contributed by atoms with van der Waals surface area (Å²) in [6.45, 7) is 0. The van der Waals surface area contributed by atoms with Gasteiger partial charge in [0.2, 0.25) is 5.91 Å². The molecule has 4 heteroatoms. The second kappa shape index (κ2) is 3.73. The largest absolute Gasteiger partial charge is 0.478 e. The Balaban J connectivity index is 2.10. The molecule has 78 valence electrons. The smallest absolute Gasteiger partial charge is 0.335 e. The molecule has 0 atom stereocenters. The molecule has 2 N–H and O–H groups in total. The van der Waals surface area contributed by atoms with Crippen LogP contribution in [0.4, 0.5) is 5.69 Å². The lowest BCUT2D eigenvalue weighted by atomic mass is 10.2. The first kappa shape index (κ1) is 9.71. The number of rotatable bonds is 3. The van der Waals surface area contributed by atoms with Gasteiger partial charge in [-0.15, -0.1) is 0 Å². The van der Waals surface area contributed by atoms with Gasteiger partial charge in [-0.1, -0.05) is 6.07 Å². The molecule has 4 nitrogen and oxygen atoms in total. The monoisotopic (exact) mass is 205 g/mol. The van der Waals surface area contributed by atoms with Gasteiger partial charge < -0.3 is 10.4 Å². The van der Waals surface area contributed by atoms with Crippen molar-refractivity contribution in [3.8, 4) is 0 Å². The third kappa shape index (κ3) is 2.34. The molecule has 1 aliphatic carbocycles. The summed E-state index contributed by atoms with van der Waals surface area (Å²) in [5.74, 6) is -0.881. The van der Waals surface area contributed by atoms with Crippen LogP contribution in [-0.4, -0.2) is 17.0 Å². The topological polar surface area (TPSA) is 66.4 Å². The maximum Gasteiger partial charge on any atom is 0.335 e. The Kier molecular flexibility index (Phi) is 2.41. The fraction of sp³-hybridized carbons (Fsp3) is 0.273. The molecule has 0 aromatic heterocycles. The Hall–Kier alpha value is -1.84. The van der Waals surface area contributed by atoms with Crippen LogP contribution in [0.5, 0.6) is 0 Å². The van der Waals surface area contributed by atoms with Crippen LogP contribution in [0, 0.1) is 5.92 Å². The number of hydrogen-bond donors (Lipinski definition) is 2. The van der Waals surface area contributed by atoms with Gasteiger partial charge in [0.1, 0.15) is 0 Å². The fourth-order valence-corrected chi connectivity index (χ4v) is 1.32. The first-order valence-electron chi connectivity index (χ1n) is 4.81. The van der Waals surface area contributed by atoms with E-state index in [4.69, 9.17) is 5.11 Å². The zero-order valence-electron chi connectivity index (χ0n) is 8.06. The molecule has 1 saturated carbocycles. The van der Waals surface area contributed by atoms with Crippen molar-refractivity contribution in [3.63, 3.8) is 0 Å². The minimum atomic E-state index is -0.988. The molecule has 0 heterocycles. The normalized spacial score (nSPS) is 14.7. The lowest BCUT2D eigenvalue weighted by Gasteiger charge is -2.04. The molecular weight excluding hydrogens is 194 g/mol. The van der Waals surface area contributed by atoms with Crippen LogP contribution in [0.25, 0.3) is 0 Å². The molecule has 1 aromatic carbocycles. The van der Waals surface area contributed by atoms with E-state index in [0.717, 1.165) is 12.8 Å². The van der Waals surface area contributed by atoms with E-state index in [1.54, 1.807) is 12.1 Å². The molecule has 0 spiro atoms. The van der Waals surface area contributed by atoms with Crippen molar-refractivity contribution >= 4 is 17.6 Å². The second-order valence-electron chi connectivity index (χ2n) is 3.65. The minimum Gasteiger partial charge on any atom is -0.478 e. The number of carboxylic acid groups (broad SMARTS) is 1. The average Bonchev–Trinajstić information content (AvgIpc) is 3.01. The zero-order chi connectivity index (χ0) is 10.8. The first-order chi connectivity index (χ1) is 7.16. The zero-order valence-corrected chi connectivity index (χ0v) is 8.06. The summed E-state index contributed by atoms with van der Waals surface area (Å²) >= 11 is 0. The Morgan fingerprint density at radius 1 is 1.33 bits per heavy atom. The molecule has 1 amide bonds. The van der Waals surface area contributed by atoms with E-state index in [-0.39, 0.29) is 17.4 Å². The minimum absolute atomic E-state index is 0.0162. The number of anilines is 1. The summed E-state index contributed by atoms with van der Waals surface area (Å²) in [7, 11) is 0. The third-order valence-corrected chi connectivity index (χ3v) is 2.33. The highest BCUT2D eigenvalue weighted by Crippen LogP contribution is 2.30. The maximum absolute atomic E-state index is 11.4. The molecule has 1 fully saturated rings. The summed E-state index contributed by atoms with van der Waals surface area (Å²) in [6, 6.07) is 6.26. The van der Waals surface area contributed by atoms with Crippen LogP contribution in [0.1, 0.15) is 23.2 Å². The highest BCUT2D eigenvalue weighted by molar-refractivity contribution is 5.95. The van der Waals surface area contributed by atoms with Crippen molar-refractivity contribution in [1.82, 2.24) is 0 Å². The molecule has 0 bridgehead atoms. The number of carbonyl (C=O) groups excluding carboxylic acids is 1. The van der Waals surface area contributed by atoms with Crippen LogP contribution in [0.15, 0.2) is 24.3 Å². The maximum atomic E-state index is 11.4. The molecular formula is C11H11NO3. The lowest BCUT2D eigenvalue weighted by Crippen LogP contribution is -2.13. The van der Waals surface area contributed by atoms with Crippen LogP contribution in [-0.2, 0) is 4.79 Å². The summed E-state index contributed by atoms with van der Waals surface area (Å²) in [6.07, 6.45) is 1.87. The quantitative estimate of drug-likeness (QED) is 0.789. The van der Waals surface area contributed by atoms with E-state index in [2.05, 4.69) is 5.32 Å². The van der Waals surface area contributed by atoms with Crippen molar-refractivity contribution in [2.75, 3.05) is 5.32 Å². The predicted molar refractivity (Wildman–Crippen MR) is 54.8 cm³/mol. The summed E-state index contributed by atoms with van der Waals surface area (Å²) < 4.78 is 0. The molecule has 0 radical (unpaired) electrons. The second-order valence-corrected chi connectivity index (χ2v) is 3.65. The van der Waals surface area contributed by atoms with Crippen LogP contribution >= 0.6 is 0 Å². The van der Waals surface area contributed by atoms with E-state index in [0.29, 0.717) is 5.69 Å². The highest BCUT2D eigenvalue weighted by atomic mass is 16.4. The van der Waals surface area contributed by atoms with Gasteiger partial charge in [0.25, 0.3) is 0 Å². The van der Waals surface area contributed by atoms with Crippen molar-refractivity contribution in [2.45, 2.75) is 12.8 Å². The van der Waals surface area contributed by atoms with Gasteiger partial charge in [0, 0.05) is 11.6 Å². The van der Waals surface area contributed by atoms with Gasteiger partial charge in [0.15, 0.2) is 0 Å². The Bertz CT molecular complexity index is 410. The average molecular weight is 205 g/mol. The van der Waals surface area contributed by atoms with Gasteiger partial charge in [-0.2, -0.15) is 0 Å². The van der Waals surface area contributed by atoms with Crippen molar-refractivity contribution in [2.24, 2.45) is 5.92 Å². The number of nitrogens with one attached hydrogen (secondary N) is 1. The number of carbonyl (C=O) groups is 2. The standard InChI is InChI=1S/C11H11NO3/c13-10(7-4-5-7)12-9-3-1-2-8(6-9)11(14)15/h1-3,6-7H,4-5H2,(H,12,13)(H,14,15). The molecule has 0 unspecified atom stereocenters. The van der Waals surface area contributed by atoms with Crippen LogP contribution in [0.2, 0.25) is 0 Å². The first-order valence-corrected chi connectivity index (χ1v) is 4.81.